The number of carbonyl (C=O) groups excluding carboxylic acids is 1. The molecule has 0 unspecified atom stereocenters. The molecule has 0 aliphatic carbocycles. The van der Waals surface area contributed by atoms with Crippen LogP contribution >= 0.6 is 23.4 Å². The first-order valence-corrected chi connectivity index (χ1v) is 7.83. The summed E-state index contributed by atoms with van der Waals surface area (Å²) in [5.74, 6) is -1.36. The van der Waals surface area contributed by atoms with Gasteiger partial charge in [-0.3, -0.25) is 0 Å². The zero-order valence-electron chi connectivity index (χ0n) is 12.0. The van der Waals surface area contributed by atoms with Crippen molar-refractivity contribution in [2.45, 2.75) is 23.8 Å². The number of carbonyl (C=O) groups is 1. The molecule has 4 nitrogen and oxygen atoms in total. The Hall–Kier alpha value is -1.60. The maximum Gasteiger partial charge on any atom is 0.344 e. The molecule has 2 aromatic rings. The van der Waals surface area contributed by atoms with Crippen LogP contribution in [-0.4, -0.2) is 33.8 Å². The van der Waals surface area contributed by atoms with E-state index in [1.54, 1.807) is 4.90 Å². The molecule has 0 N–H and O–H groups in total. The molecule has 0 saturated carbocycles. The minimum absolute atomic E-state index is 0.184. The van der Waals surface area contributed by atoms with Gasteiger partial charge in [-0.2, -0.15) is 9.78 Å². The monoisotopic (exact) mass is 345 g/mol. The lowest BCUT2D eigenvalue weighted by atomic mass is 10.3. The Bertz CT molecular complexity index is 689. The maximum atomic E-state index is 13.7. The largest absolute Gasteiger partial charge is 0.344 e. The summed E-state index contributed by atoms with van der Waals surface area (Å²) in [6.07, 6.45) is 1.38. The number of hydrogen-bond acceptors (Lipinski definition) is 3. The van der Waals surface area contributed by atoms with E-state index < -0.39 is 11.6 Å². The van der Waals surface area contributed by atoms with Gasteiger partial charge in [-0.25, -0.2) is 13.6 Å². The summed E-state index contributed by atoms with van der Waals surface area (Å²) < 4.78 is 27.7. The number of nitrogens with zero attached hydrogens (tertiary/aromatic N) is 3. The molecule has 0 aliphatic rings. The van der Waals surface area contributed by atoms with Gasteiger partial charge in [0, 0.05) is 24.1 Å². The van der Waals surface area contributed by atoms with Crippen LogP contribution in [0.15, 0.2) is 34.3 Å². The molecule has 0 bridgehead atoms. The van der Waals surface area contributed by atoms with Gasteiger partial charge >= 0.3 is 6.03 Å². The summed E-state index contributed by atoms with van der Waals surface area (Å²) in [7, 11) is 0. The molecule has 1 amide bonds. The van der Waals surface area contributed by atoms with Crippen molar-refractivity contribution in [1.82, 2.24) is 14.7 Å². The molecule has 1 aromatic heterocycles. The topological polar surface area (TPSA) is 38.1 Å². The number of hydrogen-bond donors (Lipinski definition) is 0. The normalized spacial score (nSPS) is 10.8. The molecular formula is C14H14ClF2N3OS. The number of amides is 1. The first kappa shape index (κ1) is 16.8. The minimum Gasteiger partial charge on any atom is -0.323 e. The fourth-order valence-electron chi connectivity index (χ4n) is 1.81. The summed E-state index contributed by atoms with van der Waals surface area (Å²) in [6, 6.07) is 2.93. The average molecular weight is 346 g/mol. The third kappa shape index (κ3) is 3.59. The highest BCUT2D eigenvalue weighted by Gasteiger charge is 2.18. The SMILES string of the molecule is CCN(CC)C(=O)n1cc(Cl)c(Sc2ccc(F)cc2F)n1. The van der Waals surface area contributed by atoms with Crippen LogP contribution in [0.1, 0.15) is 13.8 Å². The Labute approximate surface area is 136 Å². The van der Waals surface area contributed by atoms with Crippen LogP contribution in [-0.2, 0) is 0 Å². The van der Waals surface area contributed by atoms with Gasteiger partial charge in [-0.1, -0.05) is 23.4 Å². The van der Waals surface area contributed by atoms with Crippen LogP contribution in [0.2, 0.25) is 5.02 Å². The lowest BCUT2D eigenvalue weighted by Crippen LogP contribution is -2.34. The van der Waals surface area contributed by atoms with Gasteiger partial charge in [0.05, 0.1) is 11.2 Å². The zero-order valence-corrected chi connectivity index (χ0v) is 13.6. The first-order valence-electron chi connectivity index (χ1n) is 6.63. The minimum atomic E-state index is -0.703. The van der Waals surface area contributed by atoms with E-state index in [9.17, 15) is 13.6 Å². The summed E-state index contributed by atoms with van der Waals surface area (Å²) in [4.78, 5) is 13.9. The van der Waals surface area contributed by atoms with Crippen molar-refractivity contribution in [2.24, 2.45) is 0 Å². The fourth-order valence-corrected chi connectivity index (χ4v) is 2.83. The third-order valence-corrected chi connectivity index (χ3v) is 4.40. The second-order valence-corrected chi connectivity index (χ2v) is 5.80. The molecule has 0 atom stereocenters. The molecule has 1 aromatic carbocycles. The van der Waals surface area contributed by atoms with Crippen LogP contribution in [0.3, 0.4) is 0 Å². The van der Waals surface area contributed by atoms with E-state index in [-0.39, 0.29) is 21.0 Å². The fraction of sp³-hybridized carbons (Fsp3) is 0.286. The Balaban J connectivity index is 2.25. The van der Waals surface area contributed by atoms with Gasteiger partial charge in [0.2, 0.25) is 0 Å². The standard InChI is InChI=1S/C14H14ClF2N3OS/c1-3-19(4-2)14(21)20-8-10(15)13(18-20)22-12-6-5-9(16)7-11(12)17/h5-8H,3-4H2,1-2H3. The van der Waals surface area contributed by atoms with Crippen LogP contribution in [0.4, 0.5) is 13.6 Å². The van der Waals surface area contributed by atoms with Gasteiger partial charge < -0.3 is 4.90 Å². The van der Waals surface area contributed by atoms with Crippen LogP contribution in [0.5, 0.6) is 0 Å². The molecular weight excluding hydrogens is 332 g/mol. The molecule has 0 aliphatic heterocycles. The highest BCUT2D eigenvalue weighted by molar-refractivity contribution is 7.99. The molecule has 0 saturated heterocycles. The van der Waals surface area contributed by atoms with Gasteiger partial charge in [0.15, 0.2) is 0 Å². The van der Waals surface area contributed by atoms with Crippen molar-refractivity contribution in [2.75, 3.05) is 13.1 Å². The van der Waals surface area contributed by atoms with Gasteiger partial charge in [0.1, 0.15) is 16.7 Å². The molecule has 8 heteroatoms. The van der Waals surface area contributed by atoms with Gasteiger partial charge in [-0.15, -0.1) is 0 Å². The average Bonchev–Trinajstić information content (AvgIpc) is 2.84. The van der Waals surface area contributed by atoms with Crippen LogP contribution in [0, 0.1) is 11.6 Å². The van der Waals surface area contributed by atoms with Crippen LogP contribution < -0.4 is 0 Å². The summed E-state index contributed by atoms with van der Waals surface area (Å²) in [5.41, 5.74) is 0. The van der Waals surface area contributed by atoms with Gasteiger partial charge in [-0.05, 0) is 26.0 Å². The molecule has 2 rings (SSSR count). The Morgan fingerprint density at radius 1 is 1.36 bits per heavy atom. The van der Waals surface area contributed by atoms with Gasteiger partial charge in [0.25, 0.3) is 0 Å². The van der Waals surface area contributed by atoms with E-state index >= 15 is 0 Å². The number of halogens is 3. The van der Waals surface area contributed by atoms with E-state index in [4.69, 9.17) is 11.6 Å². The molecule has 0 fully saturated rings. The number of rotatable bonds is 4. The second-order valence-electron chi connectivity index (χ2n) is 4.36. The number of aromatic nitrogens is 2. The second kappa shape index (κ2) is 7.11. The first-order chi connectivity index (χ1) is 10.5. The van der Waals surface area contributed by atoms with Crippen molar-refractivity contribution in [3.63, 3.8) is 0 Å². The third-order valence-electron chi connectivity index (χ3n) is 2.97. The van der Waals surface area contributed by atoms with Crippen LogP contribution in [0.25, 0.3) is 0 Å². The lowest BCUT2D eigenvalue weighted by molar-refractivity contribution is 0.201. The highest BCUT2D eigenvalue weighted by Crippen LogP contribution is 2.33. The lowest BCUT2D eigenvalue weighted by Gasteiger charge is -2.17. The molecule has 118 valence electrons. The smallest absolute Gasteiger partial charge is 0.323 e. The van der Waals surface area contributed by atoms with E-state index in [1.807, 2.05) is 13.8 Å². The Morgan fingerprint density at radius 2 is 2.05 bits per heavy atom. The Morgan fingerprint density at radius 3 is 2.64 bits per heavy atom. The quantitative estimate of drug-likeness (QED) is 0.830. The van der Waals surface area contributed by atoms with Crippen molar-refractivity contribution in [1.29, 1.82) is 0 Å². The van der Waals surface area contributed by atoms with E-state index in [2.05, 4.69) is 5.10 Å². The predicted octanol–water partition coefficient (Wildman–Crippen LogP) is 4.28. The van der Waals surface area contributed by atoms with E-state index in [0.29, 0.717) is 13.1 Å². The van der Waals surface area contributed by atoms with Crippen molar-refractivity contribution < 1.29 is 13.6 Å². The summed E-state index contributed by atoms with van der Waals surface area (Å²) >= 11 is 6.98. The summed E-state index contributed by atoms with van der Waals surface area (Å²) in [5, 5.41) is 4.60. The maximum absolute atomic E-state index is 13.7. The zero-order chi connectivity index (χ0) is 16.3. The van der Waals surface area contributed by atoms with Crippen molar-refractivity contribution in [3.8, 4) is 0 Å². The summed E-state index contributed by atoms with van der Waals surface area (Å²) in [6.45, 7) is 4.80. The van der Waals surface area contributed by atoms with Crippen molar-refractivity contribution >= 4 is 29.4 Å². The number of benzene rings is 1. The highest BCUT2D eigenvalue weighted by atomic mass is 35.5. The molecule has 22 heavy (non-hydrogen) atoms. The predicted molar refractivity (Wildman–Crippen MR) is 81.4 cm³/mol. The van der Waals surface area contributed by atoms with E-state index in [0.717, 1.165) is 28.6 Å². The van der Waals surface area contributed by atoms with E-state index in [1.165, 1.54) is 12.3 Å². The Kier molecular flexibility index (Phi) is 5.42. The molecule has 0 radical (unpaired) electrons. The van der Waals surface area contributed by atoms with Crippen molar-refractivity contribution in [3.05, 3.63) is 41.1 Å². The molecule has 1 heterocycles. The molecule has 0 spiro atoms.